The van der Waals surface area contributed by atoms with Crippen LogP contribution in [0.2, 0.25) is 0 Å². The fraction of sp³-hybridized carbons (Fsp3) is 0.579. The van der Waals surface area contributed by atoms with Crippen LogP contribution in [0.5, 0.6) is 0 Å². The van der Waals surface area contributed by atoms with Crippen molar-refractivity contribution in [2.45, 2.75) is 43.3 Å². The smallest absolute Gasteiger partial charge is 0.243 e. The molecule has 0 unspecified atom stereocenters. The molecule has 2 aromatic rings. The predicted octanol–water partition coefficient (Wildman–Crippen LogP) is 2.09. The average molecular weight is 441 g/mol. The first kappa shape index (κ1) is 22.1. The van der Waals surface area contributed by atoms with Gasteiger partial charge in [-0.05, 0) is 31.5 Å². The maximum absolute atomic E-state index is 12.9. The number of unbranched alkanes of at least 4 members (excludes halogenated alkanes) is 1. The highest BCUT2D eigenvalue weighted by molar-refractivity contribution is 7.99. The SMILES string of the molecule is CCCCNC(=O)CSc1nc2cc(S(=O)(=O)N3CCOCC3)ccc2n1CC. The zero-order valence-electron chi connectivity index (χ0n) is 16.9. The van der Waals surface area contributed by atoms with Gasteiger partial charge in [-0.3, -0.25) is 4.79 Å². The summed E-state index contributed by atoms with van der Waals surface area (Å²) in [6.45, 7) is 6.99. The lowest BCUT2D eigenvalue weighted by molar-refractivity contribution is -0.118. The molecular weight excluding hydrogens is 412 g/mol. The molecule has 1 aliphatic heterocycles. The number of ether oxygens (including phenoxy) is 1. The highest BCUT2D eigenvalue weighted by atomic mass is 32.2. The van der Waals surface area contributed by atoms with Gasteiger partial charge in [0.1, 0.15) is 0 Å². The molecule has 8 nitrogen and oxygen atoms in total. The van der Waals surface area contributed by atoms with Crippen molar-refractivity contribution in [1.29, 1.82) is 0 Å². The van der Waals surface area contributed by atoms with Crippen LogP contribution < -0.4 is 5.32 Å². The zero-order chi connectivity index (χ0) is 20.9. The van der Waals surface area contributed by atoms with Crippen LogP contribution in [0, 0.1) is 0 Å². The summed E-state index contributed by atoms with van der Waals surface area (Å²) in [5, 5.41) is 3.62. The molecule has 1 N–H and O–H groups in total. The van der Waals surface area contributed by atoms with Crippen LogP contribution in [-0.2, 0) is 26.1 Å². The molecule has 0 atom stereocenters. The van der Waals surface area contributed by atoms with Crippen molar-refractivity contribution in [3.63, 3.8) is 0 Å². The van der Waals surface area contributed by atoms with Gasteiger partial charge in [-0.25, -0.2) is 13.4 Å². The number of hydrogen-bond acceptors (Lipinski definition) is 6. The summed E-state index contributed by atoms with van der Waals surface area (Å²) in [5.41, 5.74) is 1.48. The first-order chi connectivity index (χ1) is 14.0. The number of aryl methyl sites for hydroxylation is 1. The second-order valence-electron chi connectivity index (χ2n) is 6.80. The molecule has 1 aromatic carbocycles. The lowest BCUT2D eigenvalue weighted by Gasteiger charge is -2.26. The Bertz CT molecular complexity index is 953. The summed E-state index contributed by atoms with van der Waals surface area (Å²) in [5.74, 6) is 0.264. The first-order valence-corrected chi connectivity index (χ1v) is 12.4. The van der Waals surface area contributed by atoms with E-state index in [1.807, 2.05) is 11.5 Å². The van der Waals surface area contributed by atoms with E-state index >= 15 is 0 Å². The topological polar surface area (TPSA) is 93.5 Å². The van der Waals surface area contributed by atoms with Crippen molar-refractivity contribution >= 4 is 38.7 Å². The lowest BCUT2D eigenvalue weighted by atomic mass is 10.3. The molecule has 3 rings (SSSR count). The third kappa shape index (κ3) is 5.11. The van der Waals surface area contributed by atoms with Crippen LogP contribution in [0.1, 0.15) is 26.7 Å². The highest BCUT2D eigenvalue weighted by Crippen LogP contribution is 2.27. The predicted molar refractivity (Wildman–Crippen MR) is 114 cm³/mol. The molecule has 10 heteroatoms. The van der Waals surface area contributed by atoms with Crippen LogP contribution in [0.25, 0.3) is 11.0 Å². The van der Waals surface area contributed by atoms with Gasteiger partial charge in [0.2, 0.25) is 15.9 Å². The van der Waals surface area contributed by atoms with Gasteiger partial charge < -0.3 is 14.6 Å². The summed E-state index contributed by atoms with van der Waals surface area (Å²) in [6.07, 6.45) is 2.00. The van der Waals surface area contributed by atoms with E-state index in [-0.39, 0.29) is 16.6 Å². The Hall–Kier alpha value is -1.62. The Morgan fingerprint density at radius 2 is 2.03 bits per heavy atom. The van der Waals surface area contributed by atoms with Gasteiger partial charge in [0, 0.05) is 26.2 Å². The number of nitrogens with zero attached hydrogens (tertiary/aromatic N) is 3. The largest absolute Gasteiger partial charge is 0.379 e. The van der Waals surface area contributed by atoms with E-state index in [0.29, 0.717) is 50.1 Å². The minimum Gasteiger partial charge on any atom is -0.379 e. The number of rotatable bonds is 9. The van der Waals surface area contributed by atoms with Crippen molar-refractivity contribution < 1.29 is 17.9 Å². The highest BCUT2D eigenvalue weighted by Gasteiger charge is 2.27. The summed E-state index contributed by atoms with van der Waals surface area (Å²) >= 11 is 1.37. The van der Waals surface area contributed by atoms with Gasteiger partial charge in [0.25, 0.3) is 0 Å². The molecule has 1 saturated heterocycles. The number of benzene rings is 1. The van der Waals surface area contributed by atoms with Gasteiger partial charge >= 0.3 is 0 Å². The molecule has 0 aliphatic carbocycles. The summed E-state index contributed by atoms with van der Waals surface area (Å²) in [4.78, 5) is 16.8. The Balaban J connectivity index is 1.79. The fourth-order valence-electron chi connectivity index (χ4n) is 3.19. The van der Waals surface area contributed by atoms with Crippen molar-refractivity contribution in [2.24, 2.45) is 0 Å². The number of imidazole rings is 1. The molecule has 0 bridgehead atoms. The van der Waals surface area contributed by atoms with Crippen LogP contribution in [-0.4, -0.2) is 66.8 Å². The Kier molecular flexibility index (Phi) is 7.55. The van der Waals surface area contributed by atoms with E-state index in [2.05, 4.69) is 17.2 Å². The summed E-state index contributed by atoms with van der Waals surface area (Å²) < 4.78 is 34.5. The third-order valence-electron chi connectivity index (χ3n) is 4.79. The normalized spacial score (nSPS) is 15.7. The van der Waals surface area contributed by atoms with Gasteiger partial charge in [-0.15, -0.1) is 0 Å². The maximum Gasteiger partial charge on any atom is 0.243 e. The molecule has 0 radical (unpaired) electrons. The standard InChI is InChI=1S/C19H28N4O4S2/c1-3-5-8-20-18(24)14-28-19-21-16-13-15(6-7-17(16)23(19)4-2)29(25,26)22-9-11-27-12-10-22/h6-7,13H,3-5,8-12,14H2,1-2H3,(H,20,24). The zero-order valence-corrected chi connectivity index (χ0v) is 18.5. The van der Waals surface area contributed by atoms with E-state index in [1.54, 1.807) is 18.2 Å². The number of fused-ring (bicyclic) bond motifs is 1. The number of carbonyl (C=O) groups is 1. The maximum atomic E-state index is 12.9. The van der Waals surface area contributed by atoms with Gasteiger partial charge in [0.05, 0.1) is 34.9 Å². The number of hydrogen-bond donors (Lipinski definition) is 1. The molecular formula is C19H28N4O4S2. The van der Waals surface area contributed by atoms with Crippen LogP contribution in [0.3, 0.4) is 0 Å². The molecule has 29 heavy (non-hydrogen) atoms. The number of thioether (sulfide) groups is 1. The number of morpholine rings is 1. The minimum atomic E-state index is -3.57. The van der Waals surface area contributed by atoms with Gasteiger partial charge in [-0.2, -0.15) is 4.31 Å². The second kappa shape index (κ2) is 9.92. The molecule has 0 spiro atoms. The van der Waals surface area contributed by atoms with Crippen LogP contribution >= 0.6 is 11.8 Å². The van der Waals surface area contributed by atoms with Crippen LogP contribution in [0.15, 0.2) is 28.3 Å². The van der Waals surface area contributed by atoms with Gasteiger partial charge in [0.15, 0.2) is 5.16 Å². The average Bonchev–Trinajstić information content (AvgIpc) is 3.09. The van der Waals surface area contributed by atoms with E-state index in [4.69, 9.17) is 4.74 Å². The number of amides is 1. The molecule has 0 saturated carbocycles. The lowest BCUT2D eigenvalue weighted by Crippen LogP contribution is -2.40. The first-order valence-electron chi connectivity index (χ1n) is 9.95. The molecule has 1 aliphatic rings. The van der Waals surface area contributed by atoms with Crippen molar-refractivity contribution in [1.82, 2.24) is 19.2 Å². The van der Waals surface area contributed by atoms with E-state index < -0.39 is 10.0 Å². The second-order valence-corrected chi connectivity index (χ2v) is 9.68. The molecule has 160 valence electrons. The Morgan fingerprint density at radius 1 is 1.28 bits per heavy atom. The van der Waals surface area contributed by atoms with E-state index in [1.165, 1.54) is 16.1 Å². The monoisotopic (exact) mass is 440 g/mol. The van der Waals surface area contributed by atoms with Gasteiger partial charge in [-0.1, -0.05) is 25.1 Å². The van der Waals surface area contributed by atoms with Crippen LogP contribution in [0.4, 0.5) is 0 Å². The van der Waals surface area contributed by atoms with Crippen molar-refractivity contribution in [2.75, 3.05) is 38.6 Å². The minimum absolute atomic E-state index is 0.0197. The third-order valence-corrected chi connectivity index (χ3v) is 7.66. The number of sulfonamides is 1. The molecule has 1 amide bonds. The van der Waals surface area contributed by atoms with Crippen molar-refractivity contribution in [3.05, 3.63) is 18.2 Å². The van der Waals surface area contributed by atoms with E-state index in [9.17, 15) is 13.2 Å². The molecule has 1 aromatic heterocycles. The molecule has 1 fully saturated rings. The summed E-state index contributed by atoms with van der Waals surface area (Å²) in [6, 6.07) is 5.05. The fourth-order valence-corrected chi connectivity index (χ4v) is 5.52. The number of nitrogens with one attached hydrogen (secondary N) is 1. The Morgan fingerprint density at radius 3 is 2.72 bits per heavy atom. The summed E-state index contributed by atoms with van der Waals surface area (Å²) in [7, 11) is -3.57. The Labute approximate surface area is 176 Å². The van der Waals surface area contributed by atoms with E-state index in [0.717, 1.165) is 18.4 Å². The van der Waals surface area contributed by atoms with Crippen molar-refractivity contribution in [3.8, 4) is 0 Å². The molecule has 2 heterocycles. The number of carbonyl (C=O) groups excluding carboxylic acids is 1. The quantitative estimate of drug-likeness (QED) is 0.474. The number of aromatic nitrogens is 2.